The fourth-order valence-corrected chi connectivity index (χ4v) is 1.44. The highest BCUT2D eigenvalue weighted by Crippen LogP contribution is 2.24. The molecule has 2 N–H and O–H groups in total. The van der Waals surface area contributed by atoms with E-state index in [1.54, 1.807) is 13.0 Å². The third-order valence-corrected chi connectivity index (χ3v) is 2.25. The predicted octanol–water partition coefficient (Wildman–Crippen LogP) is 2.65. The number of ether oxygens (including phenoxy) is 2. The second kappa shape index (κ2) is 6.57. The summed E-state index contributed by atoms with van der Waals surface area (Å²) in [6, 6.07) is 4.11. The molecule has 0 spiro atoms. The highest BCUT2D eigenvalue weighted by atomic mass is 19.1. The average Bonchev–Trinajstić information content (AvgIpc) is 2.25. The van der Waals surface area contributed by atoms with Crippen LogP contribution in [0.4, 0.5) is 4.39 Å². The first-order valence-corrected chi connectivity index (χ1v) is 5.80. The lowest BCUT2D eigenvalue weighted by atomic mass is 10.1. The maximum Gasteiger partial charge on any atom is 0.124 e. The molecule has 96 valence electrons. The lowest BCUT2D eigenvalue weighted by Gasteiger charge is -2.14. The second-order valence-corrected chi connectivity index (χ2v) is 4.24. The maximum atomic E-state index is 13.1. The van der Waals surface area contributed by atoms with E-state index in [-0.39, 0.29) is 18.0 Å². The molecule has 0 radical (unpaired) electrons. The third-order valence-electron chi connectivity index (χ3n) is 2.25. The van der Waals surface area contributed by atoms with Gasteiger partial charge in [0.1, 0.15) is 18.2 Å². The van der Waals surface area contributed by atoms with Gasteiger partial charge in [0.2, 0.25) is 0 Å². The lowest BCUT2D eigenvalue weighted by molar-refractivity contribution is 0.0550. The summed E-state index contributed by atoms with van der Waals surface area (Å²) in [5, 5.41) is 0. The van der Waals surface area contributed by atoms with Crippen molar-refractivity contribution in [1.29, 1.82) is 0 Å². The molecule has 0 aliphatic heterocycles. The molecule has 0 unspecified atom stereocenters. The summed E-state index contributed by atoms with van der Waals surface area (Å²) in [5.74, 6) is 0.317. The number of hydrogen-bond donors (Lipinski definition) is 1. The Morgan fingerprint density at radius 2 is 1.94 bits per heavy atom. The van der Waals surface area contributed by atoms with Crippen LogP contribution in [0.1, 0.15) is 32.4 Å². The Bertz CT molecular complexity index is 353. The first-order valence-electron chi connectivity index (χ1n) is 5.80. The summed E-state index contributed by atoms with van der Waals surface area (Å²) in [7, 11) is 0. The van der Waals surface area contributed by atoms with Crippen LogP contribution in [0, 0.1) is 5.82 Å². The Labute approximate surface area is 102 Å². The van der Waals surface area contributed by atoms with Gasteiger partial charge in [0.05, 0.1) is 12.7 Å². The number of benzene rings is 1. The van der Waals surface area contributed by atoms with Crippen molar-refractivity contribution in [2.75, 3.05) is 13.2 Å². The van der Waals surface area contributed by atoms with Gasteiger partial charge in [-0.2, -0.15) is 0 Å². The molecule has 17 heavy (non-hydrogen) atoms. The van der Waals surface area contributed by atoms with Gasteiger partial charge in [0.25, 0.3) is 0 Å². The quantitative estimate of drug-likeness (QED) is 0.779. The molecule has 0 amide bonds. The molecular formula is C13H20FNO2. The second-order valence-electron chi connectivity index (χ2n) is 4.24. The zero-order chi connectivity index (χ0) is 12.8. The summed E-state index contributed by atoms with van der Waals surface area (Å²) in [6.45, 7) is 6.67. The minimum Gasteiger partial charge on any atom is -0.491 e. The average molecular weight is 241 g/mol. The highest BCUT2D eigenvalue weighted by molar-refractivity contribution is 5.36. The van der Waals surface area contributed by atoms with Crippen molar-refractivity contribution in [3.8, 4) is 5.75 Å². The van der Waals surface area contributed by atoms with Crippen molar-refractivity contribution in [2.45, 2.75) is 32.9 Å². The molecule has 0 saturated carbocycles. The van der Waals surface area contributed by atoms with E-state index in [4.69, 9.17) is 15.2 Å². The number of hydrogen-bond acceptors (Lipinski definition) is 3. The molecule has 0 fully saturated rings. The van der Waals surface area contributed by atoms with Crippen molar-refractivity contribution in [1.82, 2.24) is 0 Å². The van der Waals surface area contributed by atoms with Crippen LogP contribution >= 0.6 is 0 Å². The van der Waals surface area contributed by atoms with Gasteiger partial charge in [-0.15, -0.1) is 0 Å². The normalized spacial score (nSPS) is 12.8. The number of rotatable bonds is 6. The lowest BCUT2D eigenvalue weighted by Crippen LogP contribution is -2.13. The van der Waals surface area contributed by atoms with Gasteiger partial charge in [-0.25, -0.2) is 4.39 Å². The molecule has 4 heteroatoms. The van der Waals surface area contributed by atoms with E-state index < -0.39 is 0 Å². The maximum absolute atomic E-state index is 13.1. The molecule has 0 saturated heterocycles. The van der Waals surface area contributed by atoms with Crippen molar-refractivity contribution >= 4 is 0 Å². The van der Waals surface area contributed by atoms with Gasteiger partial charge in [-0.1, -0.05) is 0 Å². The molecule has 0 bridgehead atoms. The number of halogens is 1. The van der Waals surface area contributed by atoms with E-state index in [0.717, 1.165) is 0 Å². The minimum atomic E-state index is -0.303. The van der Waals surface area contributed by atoms with Crippen LogP contribution in [0.2, 0.25) is 0 Å². The Balaban J connectivity index is 2.58. The molecule has 1 aromatic carbocycles. The third kappa shape index (κ3) is 4.71. The molecule has 0 heterocycles. The van der Waals surface area contributed by atoms with Crippen LogP contribution in [0.5, 0.6) is 5.75 Å². The van der Waals surface area contributed by atoms with Gasteiger partial charge < -0.3 is 15.2 Å². The van der Waals surface area contributed by atoms with Crippen LogP contribution < -0.4 is 10.5 Å². The van der Waals surface area contributed by atoms with Crippen molar-refractivity contribution in [3.63, 3.8) is 0 Å². The van der Waals surface area contributed by atoms with E-state index in [0.29, 0.717) is 24.5 Å². The van der Waals surface area contributed by atoms with Crippen molar-refractivity contribution in [3.05, 3.63) is 29.6 Å². The molecule has 1 atom stereocenters. The van der Waals surface area contributed by atoms with Gasteiger partial charge in [-0.3, -0.25) is 0 Å². The minimum absolute atomic E-state index is 0.180. The molecule has 1 aromatic rings. The van der Waals surface area contributed by atoms with Crippen LogP contribution in [-0.2, 0) is 4.74 Å². The summed E-state index contributed by atoms with van der Waals surface area (Å²) in [5.41, 5.74) is 6.43. The topological polar surface area (TPSA) is 44.5 Å². The smallest absolute Gasteiger partial charge is 0.124 e. The fourth-order valence-electron chi connectivity index (χ4n) is 1.44. The molecular weight excluding hydrogens is 221 g/mol. The molecule has 0 aliphatic carbocycles. The van der Waals surface area contributed by atoms with Crippen LogP contribution in [0.15, 0.2) is 18.2 Å². The Kier molecular flexibility index (Phi) is 5.38. The SMILES string of the molecule is CC(C)OCCOc1ccc(F)cc1[C@@H](C)N. The van der Waals surface area contributed by atoms with E-state index >= 15 is 0 Å². The van der Waals surface area contributed by atoms with Gasteiger partial charge in [0, 0.05) is 11.6 Å². The van der Waals surface area contributed by atoms with Crippen molar-refractivity contribution in [2.24, 2.45) is 5.73 Å². The van der Waals surface area contributed by atoms with Gasteiger partial charge >= 0.3 is 0 Å². The number of nitrogens with two attached hydrogens (primary N) is 1. The fraction of sp³-hybridized carbons (Fsp3) is 0.538. The largest absolute Gasteiger partial charge is 0.491 e. The first-order chi connectivity index (χ1) is 8.00. The summed E-state index contributed by atoms with van der Waals surface area (Å²) >= 11 is 0. The van der Waals surface area contributed by atoms with Crippen molar-refractivity contribution < 1.29 is 13.9 Å². The van der Waals surface area contributed by atoms with Crippen LogP contribution in [-0.4, -0.2) is 19.3 Å². The Morgan fingerprint density at radius 1 is 1.24 bits per heavy atom. The standard InChI is InChI=1S/C13H20FNO2/c1-9(2)16-6-7-17-13-5-4-11(14)8-12(13)10(3)15/h4-5,8-10H,6-7,15H2,1-3H3/t10-/m1/s1. The van der Waals surface area contributed by atoms with Crippen LogP contribution in [0.25, 0.3) is 0 Å². The van der Waals surface area contributed by atoms with E-state index in [9.17, 15) is 4.39 Å². The summed E-state index contributed by atoms with van der Waals surface area (Å²) in [4.78, 5) is 0. The zero-order valence-electron chi connectivity index (χ0n) is 10.6. The monoisotopic (exact) mass is 241 g/mol. The Hall–Kier alpha value is -1.13. The van der Waals surface area contributed by atoms with E-state index in [1.165, 1.54) is 12.1 Å². The first kappa shape index (κ1) is 13.9. The van der Waals surface area contributed by atoms with E-state index in [2.05, 4.69) is 0 Å². The molecule has 0 aliphatic rings. The summed E-state index contributed by atoms with van der Waals surface area (Å²) < 4.78 is 24.0. The molecule has 3 nitrogen and oxygen atoms in total. The zero-order valence-corrected chi connectivity index (χ0v) is 10.6. The molecule has 0 aromatic heterocycles. The van der Waals surface area contributed by atoms with Gasteiger partial charge in [0.15, 0.2) is 0 Å². The Morgan fingerprint density at radius 3 is 2.53 bits per heavy atom. The summed E-state index contributed by atoms with van der Waals surface area (Å²) in [6.07, 6.45) is 0.180. The predicted molar refractivity (Wildman–Crippen MR) is 65.6 cm³/mol. The van der Waals surface area contributed by atoms with E-state index in [1.807, 2.05) is 13.8 Å². The highest BCUT2D eigenvalue weighted by Gasteiger charge is 2.09. The van der Waals surface area contributed by atoms with Crippen LogP contribution in [0.3, 0.4) is 0 Å². The van der Waals surface area contributed by atoms with Gasteiger partial charge in [-0.05, 0) is 39.0 Å². The molecule has 1 rings (SSSR count).